The first-order chi connectivity index (χ1) is 4.33. The van der Waals surface area contributed by atoms with Crippen molar-refractivity contribution in [1.82, 2.24) is 10.9 Å². The molecule has 0 saturated carbocycles. The highest BCUT2D eigenvalue weighted by Crippen LogP contribution is 1.90. The first kappa shape index (κ1) is 5.88. The summed E-state index contributed by atoms with van der Waals surface area (Å²) >= 11 is 0. The lowest BCUT2D eigenvalue weighted by Crippen LogP contribution is -2.37. The summed E-state index contributed by atoms with van der Waals surface area (Å²) in [5.74, 6) is 0.822. The number of hydrazine groups is 1. The minimum Gasteiger partial charge on any atom is -0.300 e. The molecule has 0 bridgehead atoms. The summed E-state index contributed by atoms with van der Waals surface area (Å²) in [6.07, 6.45) is 3.72. The summed E-state index contributed by atoms with van der Waals surface area (Å²) in [6, 6.07) is 0. The molecule has 1 aliphatic heterocycles. The quantitative estimate of drug-likeness (QED) is 0.482. The number of nitrogens with zero attached hydrogens (tertiary/aromatic N) is 1. The molecule has 0 aliphatic carbocycles. The summed E-state index contributed by atoms with van der Waals surface area (Å²) in [5.41, 5.74) is 6.50. The normalized spacial score (nSPS) is 21.4. The Morgan fingerprint density at radius 3 is 2.67 bits per heavy atom. The second-order valence-corrected chi connectivity index (χ2v) is 1.72. The molecule has 0 atom stereocenters. The van der Waals surface area contributed by atoms with Crippen LogP contribution < -0.4 is 10.9 Å². The third-order valence-corrected chi connectivity index (χ3v) is 1.03. The minimum absolute atomic E-state index is 0.822. The van der Waals surface area contributed by atoms with Gasteiger partial charge in [-0.15, -0.1) is 0 Å². The average molecular weight is 123 g/mol. The molecule has 0 radical (unpaired) electrons. The van der Waals surface area contributed by atoms with E-state index in [0.717, 1.165) is 11.5 Å². The smallest absolute Gasteiger partial charge is 0.139 e. The monoisotopic (exact) mass is 123 g/mol. The predicted molar refractivity (Wildman–Crippen MR) is 37.9 cm³/mol. The summed E-state index contributed by atoms with van der Waals surface area (Å²) in [7, 11) is 1.72. The van der Waals surface area contributed by atoms with Crippen molar-refractivity contribution >= 4 is 5.84 Å². The molecule has 0 fully saturated rings. The van der Waals surface area contributed by atoms with Gasteiger partial charge in [0.2, 0.25) is 0 Å². The molecule has 0 aromatic rings. The molecular formula is C6H9N3. The van der Waals surface area contributed by atoms with Gasteiger partial charge in [0.15, 0.2) is 0 Å². The lowest BCUT2D eigenvalue weighted by Gasteiger charge is -2.12. The molecule has 0 aromatic heterocycles. The highest BCUT2D eigenvalue weighted by Gasteiger charge is 1.96. The van der Waals surface area contributed by atoms with Gasteiger partial charge in [-0.2, -0.15) is 0 Å². The van der Waals surface area contributed by atoms with Gasteiger partial charge in [-0.25, -0.2) is 0 Å². The molecule has 0 aromatic carbocycles. The van der Waals surface area contributed by atoms with E-state index >= 15 is 0 Å². The van der Waals surface area contributed by atoms with Crippen molar-refractivity contribution in [2.24, 2.45) is 4.99 Å². The summed E-state index contributed by atoms with van der Waals surface area (Å²) < 4.78 is 0. The van der Waals surface area contributed by atoms with Crippen molar-refractivity contribution in [3.05, 3.63) is 24.4 Å². The van der Waals surface area contributed by atoms with Crippen LogP contribution in [-0.2, 0) is 0 Å². The highest BCUT2D eigenvalue weighted by molar-refractivity contribution is 5.93. The SMILES string of the molecule is C=C1C=CC(=NC)NN1. The Morgan fingerprint density at radius 1 is 1.44 bits per heavy atom. The number of allylic oxidation sites excluding steroid dienone is 1. The second kappa shape index (κ2) is 2.35. The van der Waals surface area contributed by atoms with Gasteiger partial charge in [-0.05, 0) is 12.2 Å². The van der Waals surface area contributed by atoms with E-state index in [4.69, 9.17) is 0 Å². The van der Waals surface area contributed by atoms with E-state index < -0.39 is 0 Å². The number of rotatable bonds is 0. The van der Waals surface area contributed by atoms with Gasteiger partial charge >= 0.3 is 0 Å². The number of hydrogen-bond acceptors (Lipinski definition) is 2. The van der Waals surface area contributed by atoms with Gasteiger partial charge in [0.1, 0.15) is 5.84 Å². The van der Waals surface area contributed by atoms with Crippen LogP contribution in [0.4, 0.5) is 0 Å². The second-order valence-electron chi connectivity index (χ2n) is 1.72. The Bertz CT molecular complexity index is 179. The van der Waals surface area contributed by atoms with E-state index in [1.807, 2.05) is 12.2 Å². The van der Waals surface area contributed by atoms with Crippen LogP contribution in [0.25, 0.3) is 0 Å². The molecular weight excluding hydrogens is 114 g/mol. The van der Waals surface area contributed by atoms with Gasteiger partial charge < -0.3 is 5.43 Å². The van der Waals surface area contributed by atoms with Crippen LogP contribution in [0.2, 0.25) is 0 Å². The average Bonchev–Trinajstić information content (AvgIpc) is 1.90. The molecule has 9 heavy (non-hydrogen) atoms. The molecule has 3 heteroatoms. The summed E-state index contributed by atoms with van der Waals surface area (Å²) in [6.45, 7) is 3.67. The minimum atomic E-state index is 0.822. The molecule has 0 spiro atoms. The molecule has 1 rings (SSSR count). The van der Waals surface area contributed by atoms with E-state index in [2.05, 4.69) is 22.4 Å². The first-order valence-corrected chi connectivity index (χ1v) is 2.69. The van der Waals surface area contributed by atoms with Crippen molar-refractivity contribution in [3.8, 4) is 0 Å². The zero-order chi connectivity index (χ0) is 6.69. The number of hydrogen-bond donors (Lipinski definition) is 2. The van der Waals surface area contributed by atoms with E-state index in [1.54, 1.807) is 7.05 Å². The van der Waals surface area contributed by atoms with E-state index in [1.165, 1.54) is 0 Å². The predicted octanol–water partition coefficient (Wildman–Crippen LogP) is 0.192. The van der Waals surface area contributed by atoms with Crippen LogP contribution in [0.3, 0.4) is 0 Å². The van der Waals surface area contributed by atoms with Crippen LogP contribution in [0.5, 0.6) is 0 Å². The lowest BCUT2D eigenvalue weighted by atomic mass is 10.4. The maximum absolute atomic E-state index is 3.90. The van der Waals surface area contributed by atoms with Crippen molar-refractivity contribution in [2.45, 2.75) is 0 Å². The number of amidine groups is 1. The third kappa shape index (κ3) is 1.32. The summed E-state index contributed by atoms with van der Waals surface area (Å²) in [5, 5.41) is 0. The molecule has 2 N–H and O–H groups in total. The molecule has 0 unspecified atom stereocenters. The molecule has 48 valence electrons. The zero-order valence-electron chi connectivity index (χ0n) is 5.31. The van der Waals surface area contributed by atoms with E-state index in [9.17, 15) is 0 Å². The Labute approximate surface area is 54.1 Å². The Hall–Kier alpha value is -1.25. The molecule has 1 heterocycles. The third-order valence-electron chi connectivity index (χ3n) is 1.03. The fourth-order valence-electron chi connectivity index (χ4n) is 0.538. The topological polar surface area (TPSA) is 36.4 Å². The number of nitrogens with one attached hydrogen (secondary N) is 2. The van der Waals surface area contributed by atoms with Crippen LogP contribution in [0.15, 0.2) is 29.4 Å². The van der Waals surface area contributed by atoms with Gasteiger partial charge in [0.05, 0.1) is 0 Å². The van der Waals surface area contributed by atoms with Crippen LogP contribution in [0, 0.1) is 0 Å². The lowest BCUT2D eigenvalue weighted by molar-refractivity contribution is 0.778. The fraction of sp³-hybridized carbons (Fsp3) is 0.167. The maximum Gasteiger partial charge on any atom is 0.139 e. The van der Waals surface area contributed by atoms with Gasteiger partial charge in [0, 0.05) is 12.7 Å². The van der Waals surface area contributed by atoms with E-state index in [-0.39, 0.29) is 0 Å². The highest BCUT2D eigenvalue weighted by atomic mass is 15.4. The zero-order valence-corrected chi connectivity index (χ0v) is 5.31. The van der Waals surface area contributed by atoms with Crippen LogP contribution in [0.1, 0.15) is 0 Å². The Balaban J connectivity index is 2.69. The fourth-order valence-corrected chi connectivity index (χ4v) is 0.538. The largest absolute Gasteiger partial charge is 0.300 e. The van der Waals surface area contributed by atoms with Crippen molar-refractivity contribution < 1.29 is 0 Å². The first-order valence-electron chi connectivity index (χ1n) is 2.69. The molecule has 0 amide bonds. The van der Waals surface area contributed by atoms with Crippen LogP contribution in [-0.4, -0.2) is 12.9 Å². The van der Waals surface area contributed by atoms with Crippen molar-refractivity contribution in [1.29, 1.82) is 0 Å². The van der Waals surface area contributed by atoms with Gasteiger partial charge in [-0.3, -0.25) is 10.4 Å². The molecule has 0 saturated heterocycles. The van der Waals surface area contributed by atoms with E-state index in [0.29, 0.717) is 0 Å². The molecule has 3 nitrogen and oxygen atoms in total. The molecule has 1 aliphatic rings. The van der Waals surface area contributed by atoms with Gasteiger partial charge in [0.25, 0.3) is 0 Å². The number of aliphatic imine (C=N–C) groups is 1. The standard InChI is InChI=1S/C6H9N3/c1-5-3-4-6(7-2)9-8-5/h3-4,8H,1H2,2H3,(H,7,9). The van der Waals surface area contributed by atoms with Crippen LogP contribution >= 0.6 is 0 Å². The van der Waals surface area contributed by atoms with Crippen molar-refractivity contribution in [2.75, 3.05) is 7.05 Å². The van der Waals surface area contributed by atoms with Crippen molar-refractivity contribution in [3.63, 3.8) is 0 Å². The Morgan fingerprint density at radius 2 is 2.22 bits per heavy atom. The van der Waals surface area contributed by atoms with Gasteiger partial charge in [-0.1, -0.05) is 6.58 Å². The maximum atomic E-state index is 3.90. The summed E-state index contributed by atoms with van der Waals surface area (Å²) in [4.78, 5) is 3.90. The Kier molecular flexibility index (Phi) is 1.53.